The second-order valence-electron chi connectivity index (χ2n) is 7.81. The lowest BCUT2D eigenvalue weighted by Gasteiger charge is -2.41. The summed E-state index contributed by atoms with van der Waals surface area (Å²) in [6.07, 6.45) is 0. The fourth-order valence-corrected chi connectivity index (χ4v) is 4.21. The van der Waals surface area contributed by atoms with Crippen molar-refractivity contribution < 1.29 is 18.8 Å². The number of rotatable bonds is 4. The molecule has 0 unspecified atom stereocenters. The number of piperazine rings is 1. The molecule has 31 heavy (non-hydrogen) atoms. The third-order valence-electron chi connectivity index (χ3n) is 5.84. The fourth-order valence-electron chi connectivity index (χ4n) is 4.21. The molecule has 0 aromatic heterocycles. The summed E-state index contributed by atoms with van der Waals surface area (Å²) in [6, 6.07) is 11.5. The van der Waals surface area contributed by atoms with Crippen molar-refractivity contribution in [2.45, 2.75) is 13.0 Å². The van der Waals surface area contributed by atoms with Gasteiger partial charge < -0.3 is 19.4 Å². The molecule has 0 spiro atoms. The molecule has 1 atom stereocenters. The second kappa shape index (κ2) is 8.89. The zero-order chi connectivity index (χ0) is 22.0. The van der Waals surface area contributed by atoms with Crippen molar-refractivity contribution in [2.75, 3.05) is 55.7 Å². The molecule has 0 aliphatic carbocycles. The zero-order valence-corrected chi connectivity index (χ0v) is 17.4. The van der Waals surface area contributed by atoms with Crippen molar-refractivity contribution in [2.24, 2.45) is 0 Å². The van der Waals surface area contributed by atoms with E-state index in [0.29, 0.717) is 62.9 Å². The Kier molecular flexibility index (Phi) is 6.03. The van der Waals surface area contributed by atoms with Gasteiger partial charge in [-0.15, -0.1) is 0 Å². The van der Waals surface area contributed by atoms with Crippen LogP contribution in [0, 0.1) is 15.9 Å². The van der Waals surface area contributed by atoms with Crippen LogP contribution in [0.15, 0.2) is 42.5 Å². The maximum Gasteiger partial charge on any atom is 0.295 e. The van der Waals surface area contributed by atoms with Crippen molar-refractivity contribution in [3.05, 3.63) is 64.0 Å². The Labute approximate surface area is 179 Å². The van der Waals surface area contributed by atoms with Gasteiger partial charge in [-0.3, -0.25) is 14.9 Å². The lowest BCUT2D eigenvalue weighted by Crippen LogP contribution is -2.54. The summed E-state index contributed by atoms with van der Waals surface area (Å²) < 4.78 is 20.1. The van der Waals surface area contributed by atoms with Gasteiger partial charge in [0.25, 0.3) is 11.6 Å². The molecule has 0 N–H and O–H groups in total. The highest BCUT2D eigenvalue weighted by molar-refractivity contribution is 5.94. The van der Waals surface area contributed by atoms with Gasteiger partial charge in [-0.25, -0.2) is 4.39 Å². The Morgan fingerprint density at radius 1 is 1.06 bits per heavy atom. The lowest BCUT2D eigenvalue weighted by atomic mass is 10.1. The number of hydrogen-bond donors (Lipinski definition) is 0. The van der Waals surface area contributed by atoms with Crippen molar-refractivity contribution in [1.29, 1.82) is 0 Å². The average molecular weight is 428 g/mol. The van der Waals surface area contributed by atoms with E-state index in [0.717, 1.165) is 6.07 Å². The van der Waals surface area contributed by atoms with Crippen LogP contribution in [0.25, 0.3) is 0 Å². The van der Waals surface area contributed by atoms with E-state index in [1.165, 1.54) is 0 Å². The highest BCUT2D eigenvalue weighted by atomic mass is 19.1. The number of carbonyl (C=O) groups is 1. The molecule has 2 fully saturated rings. The Bertz CT molecular complexity index is 965. The zero-order valence-electron chi connectivity index (χ0n) is 17.4. The number of ether oxygens (including phenoxy) is 1. The number of nitro benzene ring substituents is 1. The molecular formula is C22H25FN4O4. The predicted octanol–water partition coefficient (Wildman–Crippen LogP) is 2.92. The first-order valence-corrected chi connectivity index (χ1v) is 10.4. The Morgan fingerprint density at radius 2 is 1.77 bits per heavy atom. The van der Waals surface area contributed by atoms with Crippen LogP contribution in [0.4, 0.5) is 21.5 Å². The summed E-state index contributed by atoms with van der Waals surface area (Å²) in [5.74, 6) is -0.668. The Balaban J connectivity index is 1.59. The number of amides is 1. The van der Waals surface area contributed by atoms with Gasteiger partial charge in [-0.2, -0.15) is 0 Å². The van der Waals surface area contributed by atoms with E-state index in [1.807, 2.05) is 34.9 Å². The van der Waals surface area contributed by atoms with Gasteiger partial charge in [-0.1, -0.05) is 18.2 Å². The van der Waals surface area contributed by atoms with E-state index < -0.39 is 10.7 Å². The molecule has 2 aliphatic rings. The van der Waals surface area contributed by atoms with Crippen LogP contribution in [0.1, 0.15) is 17.3 Å². The third kappa shape index (κ3) is 4.32. The topological polar surface area (TPSA) is 79.2 Å². The molecular weight excluding hydrogens is 403 g/mol. The molecule has 2 aliphatic heterocycles. The summed E-state index contributed by atoms with van der Waals surface area (Å²) in [5, 5.41) is 11.7. The first-order chi connectivity index (χ1) is 15.0. The van der Waals surface area contributed by atoms with E-state index in [2.05, 4.69) is 0 Å². The van der Waals surface area contributed by atoms with Crippen LogP contribution in [-0.2, 0) is 4.74 Å². The van der Waals surface area contributed by atoms with Crippen LogP contribution in [-0.4, -0.2) is 67.7 Å². The van der Waals surface area contributed by atoms with E-state index in [9.17, 15) is 19.3 Å². The van der Waals surface area contributed by atoms with Gasteiger partial charge in [0.15, 0.2) is 5.82 Å². The SMILES string of the molecule is C[C@H]1CN(c2cc(N3CCOCC3)c(F)cc2[N+](=O)[O-])CCN1C(=O)c1ccccc1. The number of carbonyl (C=O) groups excluding carboxylic acids is 1. The molecule has 4 rings (SSSR count). The number of nitro groups is 1. The standard InChI is InChI=1S/C22H25FN4O4/c1-16-15-25(7-8-26(16)22(28)17-5-3-2-4-6-17)20-14-19(24-9-11-31-12-10-24)18(23)13-21(20)27(29)30/h2-6,13-14,16H,7-12,15H2,1H3/t16-/m0/s1. The maximum absolute atomic E-state index is 14.7. The van der Waals surface area contributed by atoms with E-state index in [-0.39, 0.29) is 17.6 Å². The summed E-state index contributed by atoms with van der Waals surface area (Å²) in [6.45, 7) is 5.24. The van der Waals surface area contributed by atoms with Crippen molar-refractivity contribution in [3.8, 4) is 0 Å². The number of morpholine rings is 1. The second-order valence-corrected chi connectivity index (χ2v) is 7.81. The third-order valence-corrected chi connectivity index (χ3v) is 5.84. The average Bonchev–Trinajstić information content (AvgIpc) is 2.79. The molecule has 164 valence electrons. The Hall–Kier alpha value is -3.20. The van der Waals surface area contributed by atoms with Crippen LogP contribution in [0.2, 0.25) is 0 Å². The predicted molar refractivity (Wildman–Crippen MR) is 115 cm³/mol. The van der Waals surface area contributed by atoms with Gasteiger partial charge in [0.2, 0.25) is 0 Å². The van der Waals surface area contributed by atoms with E-state index in [1.54, 1.807) is 23.1 Å². The molecule has 2 saturated heterocycles. The van der Waals surface area contributed by atoms with Crippen molar-refractivity contribution >= 4 is 23.0 Å². The minimum absolute atomic E-state index is 0.0599. The fraction of sp³-hybridized carbons (Fsp3) is 0.409. The summed E-state index contributed by atoms with van der Waals surface area (Å²) in [4.78, 5) is 29.5. The Morgan fingerprint density at radius 3 is 2.42 bits per heavy atom. The van der Waals surface area contributed by atoms with Gasteiger partial charge in [0.05, 0.1) is 29.9 Å². The summed E-state index contributed by atoms with van der Waals surface area (Å²) >= 11 is 0. The smallest absolute Gasteiger partial charge is 0.295 e. The molecule has 0 bridgehead atoms. The highest BCUT2D eigenvalue weighted by Gasteiger charge is 2.32. The van der Waals surface area contributed by atoms with E-state index in [4.69, 9.17) is 4.74 Å². The van der Waals surface area contributed by atoms with Gasteiger partial charge in [-0.05, 0) is 25.1 Å². The van der Waals surface area contributed by atoms with Gasteiger partial charge in [0.1, 0.15) is 5.69 Å². The normalized spacial score (nSPS) is 19.4. The molecule has 0 saturated carbocycles. The molecule has 2 heterocycles. The minimum Gasteiger partial charge on any atom is -0.378 e. The molecule has 9 heteroatoms. The van der Waals surface area contributed by atoms with Crippen LogP contribution in [0.3, 0.4) is 0 Å². The molecule has 2 aromatic carbocycles. The highest BCUT2D eigenvalue weighted by Crippen LogP contribution is 2.36. The number of nitrogens with zero attached hydrogens (tertiary/aromatic N) is 4. The molecule has 8 nitrogen and oxygen atoms in total. The number of hydrogen-bond acceptors (Lipinski definition) is 6. The largest absolute Gasteiger partial charge is 0.378 e. The van der Waals surface area contributed by atoms with Crippen LogP contribution in [0.5, 0.6) is 0 Å². The van der Waals surface area contributed by atoms with Gasteiger partial charge >= 0.3 is 0 Å². The molecule has 2 aromatic rings. The van der Waals surface area contributed by atoms with Crippen molar-refractivity contribution in [1.82, 2.24) is 4.90 Å². The van der Waals surface area contributed by atoms with Gasteiger partial charge in [0, 0.05) is 44.3 Å². The lowest BCUT2D eigenvalue weighted by molar-refractivity contribution is -0.384. The maximum atomic E-state index is 14.7. The number of benzene rings is 2. The monoisotopic (exact) mass is 428 g/mol. The first kappa shape index (κ1) is 21.0. The van der Waals surface area contributed by atoms with Crippen molar-refractivity contribution in [3.63, 3.8) is 0 Å². The molecule has 0 radical (unpaired) electrons. The summed E-state index contributed by atoms with van der Waals surface area (Å²) in [7, 11) is 0. The summed E-state index contributed by atoms with van der Waals surface area (Å²) in [5.41, 5.74) is 1.08. The van der Waals surface area contributed by atoms with E-state index >= 15 is 0 Å². The van der Waals surface area contributed by atoms with Crippen LogP contribution >= 0.6 is 0 Å². The quantitative estimate of drug-likeness (QED) is 0.550. The first-order valence-electron chi connectivity index (χ1n) is 10.4. The molecule has 1 amide bonds. The number of halogens is 1. The van der Waals surface area contributed by atoms with Crippen LogP contribution < -0.4 is 9.80 Å². The number of anilines is 2. The minimum atomic E-state index is -0.608.